The van der Waals surface area contributed by atoms with Crippen molar-refractivity contribution in [3.63, 3.8) is 0 Å². The number of amides is 1. The van der Waals surface area contributed by atoms with Gasteiger partial charge in [0.1, 0.15) is 0 Å². The van der Waals surface area contributed by atoms with Gasteiger partial charge in [0.05, 0.1) is 10.7 Å². The molecule has 1 fully saturated rings. The predicted octanol–water partition coefficient (Wildman–Crippen LogP) is 3.48. The molecule has 0 aliphatic carbocycles. The van der Waals surface area contributed by atoms with Crippen molar-refractivity contribution in [3.8, 4) is 0 Å². The Morgan fingerprint density at radius 3 is 3.00 bits per heavy atom. The highest BCUT2D eigenvalue weighted by molar-refractivity contribution is 6.33. The fraction of sp³-hybridized carbons (Fsp3) is 0.562. The lowest BCUT2D eigenvalue weighted by Gasteiger charge is -2.38. The molecule has 0 radical (unpaired) electrons. The molecule has 2 unspecified atom stereocenters. The van der Waals surface area contributed by atoms with Crippen LogP contribution in [0.2, 0.25) is 5.02 Å². The van der Waals surface area contributed by atoms with E-state index in [2.05, 4.69) is 17.1 Å². The molecule has 2 N–H and O–H groups in total. The van der Waals surface area contributed by atoms with Crippen molar-refractivity contribution in [1.82, 2.24) is 0 Å². The summed E-state index contributed by atoms with van der Waals surface area (Å²) in [6.45, 7) is 3.20. The fourth-order valence-electron chi connectivity index (χ4n) is 3.43. The van der Waals surface area contributed by atoms with Gasteiger partial charge in [-0.2, -0.15) is 0 Å². The Balaban J connectivity index is 1.95. The van der Waals surface area contributed by atoms with E-state index in [-0.39, 0.29) is 5.91 Å². The molecule has 4 nitrogen and oxygen atoms in total. The van der Waals surface area contributed by atoms with E-state index in [1.165, 1.54) is 19.3 Å². The number of aliphatic hydroxyl groups excluding tert-OH is 1. The summed E-state index contributed by atoms with van der Waals surface area (Å²) in [6, 6.07) is 4.16. The largest absolute Gasteiger partial charge is 0.378 e. The zero-order valence-electron chi connectivity index (χ0n) is 12.2. The summed E-state index contributed by atoms with van der Waals surface area (Å²) in [7, 11) is 0. The molecule has 1 aromatic carbocycles. The van der Waals surface area contributed by atoms with Crippen LogP contribution >= 0.6 is 11.6 Å². The van der Waals surface area contributed by atoms with Gasteiger partial charge in [-0.25, -0.2) is 0 Å². The zero-order valence-corrected chi connectivity index (χ0v) is 13.0. The Morgan fingerprint density at radius 1 is 1.43 bits per heavy atom. The third kappa shape index (κ3) is 2.62. The fourth-order valence-corrected chi connectivity index (χ4v) is 3.71. The number of carbonyl (C=O) groups is 1. The van der Waals surface area contributed by atoms with E-state index in [0.29, 0.717) is 22.3 Å². The Bertz CT molecular complexity index is 559. The first kappa shape index (κ1) is 14.7. The number of hydrogen-bond acceptors (Lipinski definition) is 3. The molecule has 1 aromatic rings. The van der Waals surface area contributed by atoms with Gasteiger partial charge >= 0.3 is 0 Å². The highest BCUT2D eigenvalue weighted by Crippen LogP contribution is 2.41. The summed E-state index contributed by atoms with van der Waals surface area (Å²) in [6.07, 6.45) is 4.83. The average Bonchev–Trinajstić information content (AvgIpc) is 2.75. The molecular weight excluding hydrogens is 288 g/mol. The van der Waals surface area contributed by atoms with Gasteiger partial charge in [-0.1, -0.05) is 24.9 Å². The number of rotatable bonds is 3. The molecule has 2 atom stereocenters. The van der Waals surface area contributed by atoms with Crippen LogP contribution < -0.4 is 10.2 Å². The minimum Gasteiger partial charge on any atom is -0.378 e. The van der Waals surface area contributed by atoms with Crippen molar-refractivity contribution in [2.24, 2.45) is 0 Å². The minimum absolute atomic E-state index is 0.373. The first-order valence-corrected chi connectivity index (χ1v) is 8.08. The topological polar surface area (TPSA) is 52.6 Å². The van der Waals surface area contributed by atoms with E-state index in [9.17, 15) is 9.90 Å². The van der Waals surface area contributed by atoms with E-state index in [1.54, 1.807) is 6.07 Å². The zero-order chi connectivity index (χ0) is 15.0. The second-order valence-corrected chi connectivity index (χ2v) is 6.32. The van der Waals surface area contributed by atoms with Gasteiger partial charge in [0.2, 0.25) is 0 Å². The molecule has 2 heterocycles. The summed E-state index contributed by atoms with van der Waals surface area (Å²) >= 11 is 6.43. The SMILES string of the molecule is CCCC1CCCCN1c1cc2c(cc1Cl)C(O)C(=O)N2. The van der Waals surface area contributed by atoms with E-state index < -0.39 is 6.10 Å². The Labute approximate surface area is 130 Å². The maximum Gasteiger partial charge on any atom is 0.257 e. The summed E-state index contributed by atoms with van der Waals surface area (Å²) in [5.41, 5.74) is 2.24. The van der Waals surface area contributed by atoms with Crippen LogP contribution in [0.15, 0.2) is 12.1 Å². The molecule has 1 amide bonds. The molecule has 0 aromatic heterocycles. The van der Waals surface area contributed by atoms with E-state index in [0.717, 1.165) is 25.1 Å². The first-order valence-electron chi connectivity index (χ1n) is 7.70. The lowest BCUT2D eigenvalue weighted by molar-refractivity contribution is -0.123. The van der Waals surface area contributed by atoms with Gasteiger partial charge in [0.25, 0.3) is 5.91 Å². The second kappa shape index (κ2) is 5.85. The van der Waals surface area contributed by atoms with E-state index >= 15 is 0 Å². The molecule has 1 saturated heterocycles. The summed E-state index contributed by atoms with van der Waals surface area (Å²) in [5.74, 6) is -0.373. The summed E-state index contributed by atoms with van der Waals surface area (Å²) in [5, 5.41) is 13.2. The smallest absolute Gasteiger partial charge is 0.257 e. The van der Waals surface area contributed by atoms with Crippen molar-refractivity contribution >= 4 is 28.9 Å². The van der Waals surface area contributed by atoms with Crippen molar-refractivity contribution in [3.05, 3.63) is 22.7 Å². The molecule has 2 aliphatic heterocycles. The van der Waals surface area contributed by atoms with Crippen molar-refractivity contribution in [2.45, 2.75) is 51.2 Å². The van der Waals surface area contributed by atoms with Crippen LogP contribution in [-0.2, 0) is 4.79 Å². The standard InChI is InChI=1S/C16H21ClN2O2/c1-2-5-10-6-3-4-7-19(10)14-9-13-11(8-12(14)17)15(20)16(21)18-13/h8-10,15,20H,2-7H2,1H3,(H,18,21). The number of benzene rings is 1. The minimum atomic E-state index is -1.10. The molecule has 3 rings (SSSR count). The van der Waals surface area contributed by atoms with Gasteiger partial charge < -0.3 is 15.3 Å². The van der Waals surface area contributed by atoms with Crippen LogP contribution in [0.4, 0.5) is 11.4 Å². The molecule has 5 heteroatoms. The molecule has 114 valence electrons. The molecule has 0 saturated carbocycles. The lowest BCUT2D eigenvalue weighted by Crippen LogP contribution is -2.39. The number of nitrogens with zero attached hydrogens (tertiary/aromatic N) is 1. The molecule has 2 aliphatic rings. The number of aliphatic hydroxyl groups is 1. The summed E-state index contributed by atoms with van der Waals surface area (Å²) < 4.78 is 0. The van der Waals surface area contributed by atoms with E-state index in [4.69, 9.17) is 11.6 Å². The van der Waals surface area contributed by atoms with Crippen LogP contribution in [0.1, 0.15) is 50.7 Å². The Morgan fingerprint density at radius 2 is 2.24 bits per heavy atom. The van der Waals surface area contributed by atoms with E-state index in [1.807, 2.05) is 6.07 Å². The molecule has 0 spiro atoms. The predicted molar refractivity (Wildman–Crippen MR) is 84.9 cm³/mol. The number of halogens is 1. The molecule has 21 heavy (non-hydrogen) atoms. The first-order chi connectivity index (χ1) is 10.1. The van der Waals surface area contributed by atoms with Crippen LogP contribution in [0.5, 0.6) is 0 Å². The van der Waals surface area contributed by atoms with Crippen LogP contribution in [0, 0.1) is 0 Å². The second-order valence-electron chi connectivity index (χ2n) is 5.91. The van der Waals surface area contributed by atoms with Gasteiger partial charge in [-0.3, -0.25) is 4.79 Å². The van der Waals surface area contributed by atoms with Crippen LogP contribution in [0.25, 0.3) is 0 Å². The number of nitrogens with one attached hydrogen (secondary N) is 1. The highest BCUT2D eigenvalue weighted by atomic mass is 35.5. The Kier molecular flexibility index (Phi) is 4.09. The molecular formula is C16H21ClN2O2. The number of fused-ring (bicyclic) bond motifs is 1. The normalized spacial score (nSPS) is 24.9. The van der Waals surface area contributed by atoms with Gasteiger partial charge in [-0.15, -0.1) is 0 Å². The number of anilines is 2. The highest BCUT2D eigenvalue weighted by Gasteiger charge is 2.31. The number of hydrogen-bond donors (Lipinski definition) is 2. The van der Waals surface area contributed by atoms with Crippen LogP contribution in [-0.4, -0.2) is 23.6 Å². The van der Waals surface area contributed by atoms with Gasteiger partial charge in [0.15, 0.2) is 6.10 Å². The molecule has 0 bridgehead atoms. The average molecular weight is 309 g/mol. The quantitative estimate of drug-likeness (QED) is 0.899. The lowest BCUT2D eigenvalue weighted by atomic mass is 9.97. The van der Waals surface area contributed by atoms with Crippen molar-refractivity contribution in [2.75, 3.05) is 16.8 Å². The maximum atomic E-state index is 11.6. The maximum absolute atomic E-state index is 11.6. The third-order valence-electron chi connectivity index (χ3n) is 4.48. The van der Waals surface area contributed by atoms with Gasteiger partial charge in [-0.05, 0) is 37.8 Å². The van der Waals surface area contributed by atoms with Crippen molar-refractivity contribution < 1.29 is 9.90 Å². The van der Waals surface area contributed by atoms with Crippen molar-refractivity contribution in [1.29, 1.82) is 0 Å². The summed E-state index contributed by atoms with van der Waals surface area (Å²) in [4.78, 5) is 13.9. The Hall–Kier alpha value is -1.26. The van der Waals surface area contributed by atoms with Gasteiger partial charge in [0, 0.05) is 23.8 Å². The monoisotopic (exact) mass is 308 g/mol. The number of carbonyl (C=O) groups excluding carboxylic acids is 1. The van der Waals surface area contributed by atoms with Crippen LogP contribution in [0.3, 0.4) is 0 Å². The third-order valence-corrected chi connectivity index (χ3v) is 4.78. The number of piperidine rings is 1.